The van der Waals surface area contributed by atoms with Crippen molar-refractivity contribution in [1.82, 2.24) is 4.90 Å². The Kier molecular flexibility index (Phi) is 3.69. The van der Waals surface area contributed by atoms with Crippen molar-refractivity contribution in [3.05, 3.63) is 35.9 Å². The van der Waals surface area contributed by atoms with Gasteiger partial charge in [0, 0.05) is 31.0 Å². The smallest absolute Gasteiger partial charge is 0.226 e. The van der Waals surface area contributed by atoms with Crippen LogP contribution in [0.25, 0.3) is 0 Å². The van der Waals surface area contributed by atoms with Gasteiger partial charge < -0.3 is 9.64 Å². The summed E-state index contributed by atoms with van der Waals surface area (Å²) in [6.45, 7) is 3.56. The maximum Gasteiger partial charge on any atom is 0.226 e. The Morgan fingerprint density at radius 1 is 1.14 bits per heavy atom. The molecule has 3 nitrogen and oxygen atoms in total. The molecule has 1 aromatic rings. The summed E-state index contributed by atoms with van der Waals surface area (Å²) in [6, 6.07) is 10.6. The first-order valence-corrected chi connectivity index (χ1v) is 8.69. The minimum Gasteiger partial charge on any atom is -0.381 e. The first-order chi connectivity index (χ1) is 10.8. The molecule has 1 amide bonds. The fourth-order valence-electron chi connectivity index (χ4n) is 4.58. The minimum atomic E-state index is 0.191. The molecule has 2 atom stereocenters. The maximum atomic E-state index is 13.0. The lowest BCUT2D eigenvalue weighted by Gasteiger charge is -2.49. The summed E-state index contributed by atoms with van der Waals surface area (Å²) in [5.74, 6) is 1.00. The Labute approximate surface area is 132 Å². The van der Waals surface area contributed by atoms with Crippen LogP contribution in [-0.4, -0.2) is 37.1 Å². The van der Waals surface area contributed by atoms with E-state index in [-0.39, 0.29) is 5.92 Å². The van der Waals surface area contributed by atoms with Gasteiger partial charge in [0.15, 0.2) is 0 Å². The summed E-state index contributed by atoms with van der Waals surface area (Å²) in [4.78, 5) is 15.1. The minimum absolute atomic E-state index is 0.191. The van der Waals surface area contributed by atoms with Gasteiger partial charge in [0.2, 0.25) is 5.91 Å². The van der Waals surface area contributed by atoms with Gasteiger partial charge in [-0.2, -0.15) is 0 Å². The largest absolute Gasteiger partial charge is 0.381 e. The van der Waals surface area contributed by atoms with Crippen LogP contribution in [0.15, 0.2) is 30.3 Å². The highest BCUT2D eigenvalue weighted by Crippen LogP contribution is 2.43. The van der Waals surface area contributed by atoms with E-state index in [1.807, 2.05) is 0 Å². The molecule has 1 aliphatic carbocycles. The van der Waals surface area contributed by atoms with Crippen molar-refractivity contribution >= 4 is 5.91 Å². The van der Waals surface area contributed by atoms with E-state index in [2.05, 4.69) is 35.2 Å². The molecule has 2 aliphatic heterocycles. The topological polar surface area (TPSA) is 29.5 Å². The van der Waals surface area contributed by atoms with Crippen molar-refractivity contribution in [3.63, 3.8) is 0 Å². The number of amides is 1. The second kappa shape index (κ2) is 5.69. The number of ether oxygens (including phenoxy) is 1. The Morgan fingerprint density at radius 3 is 2.64 bits per heavy atom. The molecular weight excluding hydrogens is 274 g/mol. The summed E-state index contributed by atoms with van der Waals surface area (Å²) in [6.07, 6.45) is 5.79. The summed E-state index contributed by atoms with van der Waals surface area (Å²) < 4.78 is 5.53. The number of likely N-dealkylation sites (tertiary alicyclic amines) is 1. The summed E-state index contributed by atoms with van der Waals surface area (Å²) in [7, 11) is 0. The van der Waals surface area contributed by atoms with Gasteiger partial charge in [-0.3, -0.25) is 4.79 Å². The fourth-order valence-corrected chi connectivity index (χ4v) is 4.58. The van der Waals surface area contributed by atoms with E-state index >= 15 is 0 Å². The second-order valence-electron chi connectivity index (χ2n) is 7.41. The molecule has 1 aromatic carbocycles. The molecule has 2 heterocycles. The average Bonchev–Trinajstić information content (AvgIpc) is 3.04. The molecule has 3 aliphatic rings. The predicted molar refractivity (Wildman–Crippen MR) is 85.6 cm³/mol. The van der Waals surface area contributed by atoms with Crippen molar-refractivity contribution in [2.45, 2.75) is 38.0 Å². The zero-order valence-corrected chi connectivity index (χ0v) is 13.2. The van der Waals surface area contributed by atoms with Crippen LogP contribution in [0.1, 0.15) is 43.6 Å². The first kappa shape index (κ1) is 14.3. The van der Waals surface area contributed by atoms with Crippen LogP contribution in [-0.2, 0) is 9.53 Å². The average molecular weight is 299 g/mol. The van der Waals surface area contributed by atoms with Crippen LogP contribution in [0.4, 0.5) is 0 Å². The number of nitrogens with zero attached hydrogens (tertiary/aromatic N) is 1. The van der Waals surface area contributed by atoms with Crippen molar-refractivity contribution in [3.8, 4) is 0 Å². The molecule has 0 aromatic heterocycles. The van der Waals surface area contributed by atoms with Crippen molar-refractivity contribution < 1.29 is 9.53 Å². The lowest BCUT2D eigenvalue weighted by Crippen LogP contribution is -2.60. The standard InChI is InChI=1S/C19H25NO2/c21-18(20-12-19(13-20)10-11-22-14-19)17-9-5-4-8-16(17)15-6-2-1-3-7-15/h1-3,6-7,16-17H,4-5,8-14H2/t16-,17-/m1/s1. The molecule has 0 unspecified atom stereocenters. The van der Waals surface area contributed by atoms with E-state index in [1.54, 1.807) is 0 Å². The molecule has 0 radical (unpaired) electrons. The number of hydrogen-bond acceptors (Lipinski definition) is 2. The van der Waals surface area contributed by atoms with E-state index in [0.29, 0.717) is 17.2 Å². The number of rotatable bonds is 2. The molecule has 118 valence electrons. The van der Waals surface area contributed by atoms with Gasteiger partial charge in [-0.05, 0) is 30.7 Å². The molecule has 3 fully saturated rings. The van der Waals surface area contributed by atoms with Gasteiger partial charge >= 0.3 is 0 Å². The Hall–Kier alpha value is -1.35. The van der Waals surface area contributed by atoms with E-state index in [1.165, 1.54) is 18.4 Å². The Balaban J connectivity index is 1.46. The third-order valence-corrected chi connectivity index (χ3v) is 5.86. The summed E-state index contributed by atoms with van der Waals surface area (Å²) >= 11 is 0. The van der Waals surface area contributed by atoms with Crippen LogP contribution >= 0.6 is 0 Å². The fraction of sp³-hybridized carbons (Fsp3) is 0.632. The molecule has 4 rings (SSSR count). The van der Waals surface area contributed by atoms with Gasteiger partial charge in [0.25, 0.3) is 0 Å². The number of carbonyl (C=O) groups excluding carboxylic acids is 1. The van der Waals surface area contributed by atoms with Gasteiger partial charge in [-0.15, -0.1) is 0 Å². The van der Waals surface area contributed by atoms with Gasteiger partial charge in [-0.25, -0.2) is 0 Å². The number of hydrogen-bond donors (Lipinski definition) is 0. The molecule has 0 N–H and O–H groups in total. The summed E-state index contributed by atoms with van der Waals surface area (Å²) in [5, 5.41) is 0. The van der Waals surface area contributed by atoms with Gasteiger partial charge in [-0.1, -0.05) is 43.2 Å². The Morgan fingerprint density at radius 2 is 1.91 bits per heavy atom. The number of benzene rings is 1. The zero-order chi connectivity index (χ0) is 15.0. The lowest BCUT2D eigenvalue weighted by molar-refractivity contribution is -0.149. The molecule has 3 heteroatoms. The van der Waals surface area contributed by atoms with Crippen LogP contribution < -0.4 is 0 Å². The SMILES string of the molecule is O=C([C@@H]1CCCC[C@@H]1c1ccccc1)N1CC2(CCOC2)C1. The van der Waals surface area contributed by atoms with Crippen molar-refractivity contribution in [2.75, 3.05) is 26.3 Å². The monoisotopic (exact) mass is 299 g/mol. The predicted octanol–water partition coefficient (Wildman–Crippen LogP) is 3.21. The van der Waals surface area contributed by atoms with Crippen LogP contribution in [0.5, 0.6) is 0 Å². The molecule has 1 saturated carbocycles. The van der Waals surface area contributed by atoms with Crippen LogP contribution in [0, 0.1) is 11.3 Å². The lowest BCUT2D eigenvalue weighted by atomic mass is 9.72. The van der Waals surface area contributed by atoms with E-state index in [0.717, 1.165) is 45.6 Å². The second-order valence-corrected chi connectivity index (χ2v) is 7.41. The molecule has 22 heavy (non-hydrogen) atoms. The number of carbonyl (C=O) groups is 1. The third-order valence-electron chi connectivity index (χ3n) is 5.86. The van der Waals surface area contributed by atoms with Gasteiger partial charge in [0.1, 0.15) is 0 Å². The van der Waals surface area contributed by atoms with E-state index in [9.17, 15) is 4.79 Å². The molecule has 1 spiro atoms. The van der Waals surface area contributed by atoms with E-state index < -0.39 is 0 Å². The summed E-state index contributed by atoms with van der Waals surface area (Å²) in [5.41, 5.74) is 1.65. The highest BCUT2D eigenvalue weighted by molar-refractivity contribution is 5.81. The normalized spacial score (nSPS) is 30.3. The van der Waals surface area contributed by atoms with Crippen molar-refractivity contribution in [2.24, 2.45) is 11.3 Å². The van der Waals surface area contributed by atoms with Crippen LogP contribution in [0.2, 0.25) is 0 Å². The first-order valence-electron chi connectivity index (χ1n) is 8.69. The highest BCUT2D eigenvalue weighted by atomic mass is 16.5. The maximum absolute atomic E-state index is 13.0. The molecule has 0 bridgehead atoms. The molecular formula is C19H25NO2. The van der Waals surface area contributed by atoms with E-state index in [4.69, 9.17) is 4.74 Å². The van der Waals surface area contributed by atoms with Crippen LogP contribution in [0.3, 0.4) is 0 Å². The zero-order valence-electron chi connectivity index (χ0n) is 13.2. The quantitative estimate of drug-likeness (QED) is 0.839. The third kappa shape index (κ3) is 2.45. The Bertz CT molecular complexity index is 528. The van der Waals surface area contributed by atoms with Gasteiger partial charge in [0.05, 0.1) is 6.61 Å². The molecule has 2 saturated heterocycles. The highest BCUT2D eigenvalue weighted by Gasteiger charge is 2.49. The van der Waals surface area contributed by atoms with Crippen molar-refractivity contribution in [1.29, 1.82) is 0 Å².